The van der Waals surface area contributed by atoms with Gasteiger partial charge in [-0.05, 0) is 12.1 Å². The summed E-state index contributed by atoms with van der Waals surface area (Å²) in [6.45, 7) is 0.413. The lowest BCUT2D eigenvalue weighted by Gasteiger charge is -2.05. The van der Waals surface area contributed by atoms with Gasteiger partial charge in [0.15, 0.2) is 5.69 Å². The van der Waals surface area contributed by atoms with Crippen molar-refractivity contribution in [2.75, 3.05) is 6.61 Å². The summed E-state index contributed by atoms with van der Waals surface area (Å²) < 4.78 is 5.50. The molecule has 0 fully saturated rings. The molecule has 6 heteroatoms. The second kappa shape index (κ2) is 5.84. The molecule has 1 aromatic carbocycles. The maximum Gasteiger partial charge on any atom is 0.355 e. The highest BCUT2D eigenvalue weighted by atomic mass is 35.5. The fourth-order valence-electron chi connectivity index (χ4n) is 1.33. The fraction of sp³-hybridized carbons (Fsp3) is 0.167. The minimum absolute atomic E-state index is 0.0766. The molecule has 0 amide bonds. The molecule has 2 rings (SSSR count). The quantitative estimate of drug-likeness (QED) is 0.916. The van der Waals surface area contributed by atoms with Crippen molar-refractivity contribution in [3.63, 3.8) is 0 Å². The van der Waals surface area contributed by atoms with Crippen LogP contribution < -0.4 is 4.74 Å². The number of carboxylic acid groups (broad SMARTS) is 1. The van der Waals surface area contributed by atoms with E-state index in [0.29, 0.717) is 23.8 Å². The summed E-state index contributed by atoms with van der Waals surface area (Å²) in [5, 5.41) is 11.5. The maximum atomic E-state index is 10.6. The first kappa shape index (κ1) is 12.9. The highest BCUT2D eigenvalue weighted by Crippen LogP contribution is 2.23. The molecule has 94 valence electrons. The van der Waals surface area contributed by atoms with E-state index in [0.717, 1.165) is 5.01 Å². The molecule has 2 aromatic rings. The van der Waals surface area contributed by atoms with Crippen LogP contribution in [-0.2, 0) is 6.42 Å². The molecule has 0 saturated carbocycles. The van der Waals surface area contributed by atoms with Crippen molar-refractivity contribution in [1.29, 1.82) is 0 Å². The Labute approximate surface area is 113 Å². The Balaban J connectivity index is 1.88. The van der Waals surface area contributed by atoms with E-state index in [1.54, 1.807) is 12.1 Å². The summed E-state index contributed by atoms with van der Waals surface area (Å²) >= 11 is 7.25. The van der Waals surface area contributed by atoms with E-state index in [1.165, 1.54) is 16.7 Å². The first-order valence-corrected chi connectivity index (χ1v) is 6.47. The molecule has 0 aliphatic rings. The van der Waals surface area contributed by atoms with Crippen molar-refractivity contribution in [2.24, 2.45) is 0 Å². The third kappa shape index (κ3) is 3.21. The van der Waals surface area contributed by atoms with Crippen molar-refractivity contribution in [3.8, 4) is 5.75 Å². The van der Waals surface area contributed by atoms with E-state index in [-0.39, 0.29) is 5.69 Å². The summed E-state index contributed by atoms with van der Waals surface area (Å²) in [7, 11) is 0. The Hall–Kier alpha value is -1.59. The molecule has 0 radical (unpaired) electrons. The molecule has 1 aromatic heterocycles. The smallest absolute Gasteiger partial charge is 0.355 e. The van der Waals surface area contributed by atoms with Gasteiger partial charge >= 0.3 is 5.97 Å². The van der Waals surface area contributed by atoms with Crippen LogP contribution in [0.2, 0.25) is 5.02 Å². The number of hydrogen-bond acceptors (Lipinski definition) is 4. The number of carboxylic acids is 1. The van der Waals surface area contributed by atoms with Crippen LogP contribution in [0.1, 0.15) is 15.5 Å². The van der Waals surface area contributed by atoms with Gasteiger partial charge in [-0.2, -0.15) is 0 Å². The lowest BCUT2D eigenvalue weighted by molar-refractivity contribution is 0.0691. The predicted molar refractivity (Wildman–Crippen MR) is 69.7 cm³/mol. The van der Waals surface area contributed by atoms with Gasteiger partial charge in [0, 0.05) is 11.8 Å². The van der Waals surface area contributed by atoms with E-state index in [2.05, 4.69) is 4.98 Å². The summed E-state index contributed by atoms with van der Waals surface area (Å²) in [6, 6.07) is 7.21. The molecule has 0 aliphatic carbocycles. The number of rotatable bonds is 5. The van der Waals surface area contributed by atoms with Crippen LogP contribution in [0.5, 0.6) is 5.75 Å². The lowest BCUT2D eigenvalue weighted by Crippen LogP contribution is -2.02. The van der Waals surface area contributed by atoms with Crippen LogP contribution in [0.25, 0.3) is 0 Å². The molecular weight excluding hydrogens is 274 g/mol. The number of thiazole rings is 1. The summed E-state index contributed by atoms with van der Waals surface area (Å²) in [6.07, 6.45) is 0.559. The third-order valence-electron chi connectivity index (χ3n) is 2.18. The second-order valence-electron chi connectivity index (χ2n) is 3.46. The molecule has 0 aliphatic heterocycles. The minimum Gasteiger partial charge on any atom is -0.492 e. The standard InChI is InChI=1S/C12H10ClNO3S/c13-8-3-1-2-4-10(8)17-6-5-11-14-9(7-18-11)12(15)16/h1-4,7H,5-6H2,(H,15,16). The lowest BCUT2D eigenvalue weighted by atomic mass is 10.3. The second-order valence-corrected chi connectivity index (χ2v) is 4.81. The Morgan fingerprint density at radius 2 is 2.22 bits per heavy atom. The average molecular weight is 284 g/mol. The molecule has 4 nitrogen and oxygen atoms in total. The molecule has 1 heterocycles. The molecule has 0 atom stereocenters. The number of ether oxygens (including phenoxy) is 1. The van der Waals surface area contributed by atoms with Crippen molar-refractivity contribution >= 4 is 28.9 Å². The maximum absolute atomic E-state index is 10.6. The van der Waals surface area contributed by atoms with Crippen molar-refractivity contribution < 1.29 is 14.6 Å². The largest absolute Gasteiger partial charge is 0.492 e. The minimum atomic E-state index is -1.01. The number of para-hydroxylation sites is 1. The van der Waals surface area contributed by atoms with Gasteiger partial charge in [0.25, 0.3) is 0 Å². The first-order valence-electron chi connectivity index (χ1n) is 5.22. The van der Waals surface area contributed by atoms with E-state index < -0.39 is 5.97 Å². The summed E-state index contributed by atoms with van der Waals surface area (Å²) in [5.74, 6) is -0.390. The zero-order valence-corrected chi connectivity index (χ0v) is 10.9. The average Bonchev–Trinajstić information content (AvgIpc) is 2.80. The molecule has 18 heavy (non-hydrogen) atoms. The van der Waals surface area contributed by atoms with Gasteiger partial charge in [0.1, 0.15) is 5.75 Å². The number of aromatic nitrogens is 1. The zero-order chi connectivity index (χ0) is 13.0. The van der Waals surface area contributed by atoms with Gasteiger partial charge in [-0.25, -0.2) is 9.78 Å². The molecule has 1 N–H and O–H groups in total. The van der Waals surface area contributed by atoms with Gasteiger partial charge in [-0.1, -0.05) is 23.7 Å². The van der Waals surface area contributed by atoms with E-state index in [9.17, 15) is 4.79 Å². The number of benzene rings is 1. The van der Waals surface area contributed by atoms with Gasteiger partial charge in [0.05, 0.1) is 16.6 Å². The van der Waals surface area contributed by atoms with Crippen molar-refractivity contribution in [3.05, 3.63) is 45.4 Å². The van der Waals surface area contributed by atoms with E-state index >= 15 is 0 Å². The Morgan fingerprint density at radius 1 is 1.44 bits per heavy atom. The molecule has 0 bridgehead atoms. The van der Waals surface area contributed by atoms with Crippen LogP contribution >= 0.6 is 22.9 Å². The Morgan fingerprint density at radius 3 is 2.89 bits per heavy atom. The van der Waals surface area contributed by atoms with Gasteiger partial charge in [-0.15, -0.1) is 11.3 Å². The first-order chi connectivity index (χ1) is 8.66. The molecule has 0 spiro atoms. The number of hydrogen-bond donors (Lipinski definition) is 1. The SMILES string of the molecule is O=C(O)c1csc(CCOc2ccccc2Cl)n1. The predicted octanol–water partition coefficient (Wildman–Crippen LogP) is 3.12. The number of carbonyl (C=O) groups is 1. The van der Waals surface area contributed by atoms with E-state index in [1.807, 2.05) is 12.1 Å². The number of halogens is 1. The Kier molecular flexibility index (Phi) is 4.17. The normalized spacial score (nSPS) is 10.3. The van der Waals surface area contributed by atoms with Crippen molar-refractivity contribution in [2.45, 2.75) is 6.42 Å². The van der Waals surface area contributed by atoms with Gasteiger partial charge in [-0.3, -0.25) is 0 Å². The number of aromatic carboxylic acids is 1. The highest BCUT2D eigenvalue weighted by Gasteiger charge is 2.08. The number of nitrogens with zero attached hydrogens (tertiary/aromatic N) is 1. The van der Waals surface area contributed by atoms with Crippen LogP contribution in [0, 0.1) is 0 Å². The summed E-state index contributed by atoms with van der Waals surface area (Å²) in [5.41, 5.74) is 0.0766. The molecule has 0 unspecified atom stereocenters. The van der Waals surface area contributed by atoms with E-state index in [4.69, 9.17) is 21.4 Å². The van der Waals surface area contributed by atoms with Crippen molar-refractivity contribution in [1.82, 2.24) is 4.98 Å². The highest BCUT2D eigenvalue weighted by molar-refractivity contribution is 7.09. The van der Waals surface area contributed by atoms with Gasteiger partial charge in [0.2, 0.25) is 0 Å². The zero-order valence-electron chi connectivity index (χ0n) is 9.30. The van der Waals surface area contributed by atoms with Crippen LogP contribution in [0.15, 0.2) is 29.6 Å². The molecule has 0 saturated heterocycles. The van der Waals surface area contributed by atoms with Crippen LogP contribution in [0.4, 0.5) is 0 Å². The fourth-order valence-corrected chi connectivity index (χ4v) is 2.28. The summed E-state index contributed by atoms with van der Waals surface area (Å²) in [4.78, 5) is 14.6. The topological polar surface area (TPSA) is 59.4 Å². The van der Waals surface area contributed by atoms with Crippen LogP contribution in [-0.4, -0.2) is 22.7 Å². The Bertz CT molecular complexity index is 556. The van der Waals surface area contributed by atoms with Gasteiger partial charge < -0.3 is 9.84 Å². The van der Waals surface area contributed by atoms with Crippen LogP contribution in [0.3, 0.4) is 0 Å². The monoisotopic (exact) mass is 283 g/mol. The molecular formula is C12H10ClNO3S. The third-order valence-corrected chi connectivity index (χ3v) is 3.40.